The van der Waals surface area contributed by atoms with E-state index in [1.165, 1.54) is 0 Å². The Morgan fingerprint density at radius 1 is 0.900 bits per heavy atom. The number of hydrogen-bond donors (Lipinski definition) is 1. The number of aromatic nitrogens is 3. The Balaban J connectivity index is 1.45. The average Bonchev–Trinajstić information content (AvgIpc) is 3.24. The number of nitrogens with zero attached hydrogens (tertiary/aromatic N) is 5. The van der Waals surface area contributed by atoms with Crippen LogP contribution >= 0.6 is 11.3 Å². The Morgan fingerprint density at radius 3 is 2.37 bits per heavy atom. The number of primary amides is 1. The number of rotatable bonds is 4. The molecule has 0 atom stereocenters. The minimum Gasteiger partial charge on any atom is -0.365 e. The van der Waals surface area contributed by atoms with Gasteiger partial charge in [0.2, 0.25) is 0 Å². The van der Waals surface area contributed by atoms with Crippen LogP contribution in [0.1, 0.15) is 10.4 Å². The topological polar surface area (TPSA) is 88.2 Å². The zero-order chi connectivity index (χ0) is 20.5. The van der Waals surface area contributed by atoms with E-state index in [0.29, 0.717) is 11.4 Å². The average molecular weight is 417 g/mol. The lowest BCUT2D eigenvalue weighted by Crippen LogP contribution is -2.47. The van der Waals surface area contributed by atoms with Gasteiger partial charge in [-0.15, -0.1) is 11.3 Å². The van der Waals surface area contributed by atoms with Gasteiger partial charge >= 0.3 is 0 Å². The molecule has 0 radical (unpaired) electrons. The summed E-state index contributed by atoms with van der Waals surface area (Å²) in [5.74, 6) is 1.15. The molecule has 0 unspecified atom stereocenters. The number of carbonyl (C=O) groups is 1. The third-order valence-corrected chi connectivity index (χ3v) is 6.25. The highest BCUT2D eigenvalue weighted by molar-refractivity contribution is 7.17. The van der Waals surface area contributed by atoms with E-state index < -0.39 is 5.91 Å². The van der Waals surface area contributed by atoms with Gasteiger partial charge < -0.3 is 15.5 Å². The molecule has 30 heavy (non-hydrogen) atoms. The van der Waals surface area contributed by atoms with Crippen molar-refractivity contribution in [1.82, 2.24) is 15.0 Å². The zero-order valence-electron chi connectivity index (χ0n) is 16.2. The fraction of sp³-hybridized carbons (Fsp3) is 0.182. The molecule has 8 heteroatoms. The molecule has 1 aliphatic rings. The third-order valence-electron chi connectivity index (χ3n) is 5.37. The minimum atomic E-state index is -0.455. The van der Waals surface area contributed by atoms with Crippen molar-refractivity contribution in [3.8, 4) is 11.1 Å². The SMILES string of the molecule is NC(=O)c1cccnc1N1CCN(c2ncnc3scc(-c4ccccc4)c23)CC1. The van der Waals surface area contributed by atoms with Crippen molar-refractivity contribution < 1.29 is 4.79 Å². The number of pyridine rings is 1. The number of thiophene rings is 1. The van der Waals surface area contributed by atoms with Crippen LogP contribution < -0.4 is 15.5 Å². The van der Waals surface area contributed by atoms with E-state index in [0.717, 1.165) is 53.3 Å². The summed E-state index contributed by atoms with van der Waals surface area (Å²) in [5, 5.41) is 3.25. The minimum absolute atomic E-state index is 0.455. The van der Waals surface area contributed by atoms with Gasteiger partial charge in [-0.2, -0.15) is 0 Å². The largest absolute Gasteiger partial charge is 0.365 e. The molecule has 0 bridgehead atoms. The Morgan fingerprint density at radius 2 is 1.63 bits per heavy atom. The van der Waals surface area contributed by atoms with Gasteiger partial charge in [0.25, 0.3) is 5.91 Å². The monoisotopic (exact) mass is 416 g/mol. The van der Waals surface area contributed by atoms with E-state index >= 15 is 0 Å². The van der Waals surface area contributed by atoms with E-state index in [-0.39, 0.29) is 0 Å². The molecule has 5 rings (SSSR count). The van der Waals surface area contributed by atoms with Gasteiger partial charge in [-0.3, -0.25) is 4.79 Å². The van der Waals surface area contributed by atoms with Crippen molar-refractivity contribution in [3.63, 3.8) is 0 Å². The Labute approximate surface area is 177 Å². The third kappa shape index (κ3) is 3.25. The molecular formula is C22H20N6OS. The predicted molar refractivity (Wildman–Crippen MR) is 120 cm³/mol. The molecule has 4 heterocycles. The lowest BCUT2D eigenvalue weighted by Gasteiger charge is -2.36. The van der Waals surface area contributed by atoms with Crippen molar-refractivity contribution in [3.05, 3.63) is 65.9 Å². The number of amides is 1. The number of anilines is 2. The molecule has 0 aliphatic carbocycles. The maximum absolute atomic E-state index is 11.8. The highest BCUT2D eigenvalue weighted by Gasteiger charge is 2.25. The van der Waals surface area contributed by atoms with Crippen molar-refractivity contribution in [2.45, 2.75) is 0 Å². The van der Waals surface area contributed by atoms with Crippen molar-refractivity contribution in [1.29, 1.82) is 0 Å². The Hall–Kier alpha value is -3.52. The molecule has 1 fully saturated rings. The van der Waals surface area contributed by atoms with Crippen LogP contribution in [0.2, 0.25) is 0 Å². The molecule has 4 aromatic rings. The first-order valence-corrected chi connectivity index (χ1v) is 10.6. The predicted octanol–water partition coefficient (Wildman–Crippen LogP) is 3.18. The van der Waals surface area contributed by atoms with Gasteiger partial charge in [0.05, 0.1) is 10.9 Å². The molecule has 2 N–H and O–H groups in total. The molecule has 0 spiro atoms. The second-order valence-corrected chi connectivity index (χ2v) is 7.96. The van der Waals surface area contributed by atoms with Crippen molar-refractivity contribution >= 4 is 39.1 Å². The molecule has 150 valence electrons. The van der Waals surface area contributed by atoms with Crippen LogP contribution in [0.15, 0.2) is 60.4 Å². The van der Waals surface area contributed by atoms with E-state index in [1.54, 1.807) is 36.0 Å². The van der Waals surface area contributed by atoms with Crippen LogP contribution in [0.4, 0.5) is 11.6 Å². The molecule has 1 aromatic carbocycles. The first kappa shape index (κ1) is 18.5. The van der Waals surface area contributed by atoms with Gasteiger partial charge in [0, 0.05) is 43.3 Å². The number of benzene rings is 1. The first-order valence-electron chi connectivity index (χ1n) is 9.74. The molecular weight excluding hydrogens is 396 g/mol. The number of hydrogen-bond acceptors (Lipinski definition) is 7. The maximum atomic E-state index is 11.8. The van der Waals surface area contributed by atoms with Crippen LogP contribution in [0.5, 0.6) is 0 Å². The smallest absolute Gasteiger partial charge is 0.252 e. The summed E-state index contributed by atoms with van der Waals surface area (Å²) < 4.78 is 0. The van der Waals surface area contributed by atoms with Crippen LogP contribution in [-0.4, -0.2) is 47.0 Å². The number of nitrogens with two attached hydrogens (primary N) is 1. The fourth-order valence-electron chi connectivity index (χ4n) is 3.90. The van der Waals surface area contributed by atoms with Crippen LogP contribution in [0, 0.1) is 0 Å². The summed E-state index contributed by atoms with van der Waals surface area (Å²) in [7, 11) is 0. The van der Waals surface area contributed by atoms with Gasteiger partial charge in [-0.25, -0.2) is 15.0 Å². The highest BCUT2D eigenvalue weighted by atomic mass is 32.1. The molecule has 7 nitrogen and oxygen atoms in total. The number of piperazine rings is 1. The van der Waals surface area contributed by atoms with Crippen LogP contribution in [0.3, 0.4) is 0 Å². The normalized spacial score (nSPS) is 14.3. The molecule has 3 aromatic heterocycles. The summed E-state index contributed by atoms with van der Waals surface area (Å²) in [6.45, 7) is 3.00. The zero-order valence-corrected chi connectivity index (χ0v) is 17.0. The lowest BCUT2D eigenvalue weighted by atomic mass is 10.1. The van der Waals surface area contributed by atoms with Crippen molar-refractivity contribution in [2.75, 3.05) is 36.0 Å². The lowest BCUT2D eigenvalue weighted by molar-refractivity contribution is 0.100. The van der Waals surface area contributed by atoms with E-state index in [4.69, 9.17) is 5.73 Å². The maximum Gasteiger partial charge on any atom is 0.252 e. The van der Waals surface area contributed by atoms with Crippen LogP contribution in [0.25, 0.3) is 21.3 Å². The van der Waals surface area contributed by atoms with E-state index in [9.17, 15) is 4.79 Å². The summed E-state index contributed by atoms with van der Waals surface area (Å²) in [5.41, 5.74) is 8.31. The fourth-order valence-corrected chi connectivity index (χ4v) is 4.81. The summed E-state index contributed by atoms with van der Waals surface area (Å²) in [6.07, 6.45) is 3.33. The quantitative estimate of drug-likeness (QED) is 0.550. The summed E-state index contributed by atoms with van der Waals surface area (Å²) in [4.78, 5) is 30.7. The second-order valence-electron chi connectivity index (χ2n) is 7.11. The molecule has 0 saturated carbocycles. The summed E-state index contributed by atoms with van der Waals surface area (Å²) in [6, 6.07) is 13.8. The van der Waals surface area contributed by atoms with E-state index in [2.05, 4.69) is 42.3 Å². The first-order chi connectivity index (χ1) is 14.7. The van der Waals surface area contributed by atoms with Crippen molar-refractivity contribution in [2.24, 2.45) is 5.73 Å². The van der Waals surface area contributed by atoms with Gasteiger partial charge in [-0.05, 0) is 17.7 Å². The van der Waals surface area contributed by atoms with Gasteiger partial charge in [0.15, 0.2) is 0 Å². The van der Waals surface area contributed by atoms with Gasteiger partial charge in [0.1, 0.15) is 22.8 Å². The molecule has 1 saturated heterocycles. The molecule has 1 aliphatic heterocycles. The van der Waals surface area contributed by atoms with E-state index in [1.807, 2.05) is 18.2 Å². The summed E-state index contributed by atoms with van der Waals surface area (Å²) >= 11 is 1.64. The number of fused-ring (bicyclic) bond motifs is 1. The number of carbonyl (C=O) groups excluding carboxylic acids is 1. The standard InChI is InChI=1S/C22H20N6OS/c23-19(29)16-7-4-8-24-20(16)27-9-11-28(12-10-27)21-18-17(15-5-2-1-3-6-15)13-30-22(18)26-14-25-21/h1-8,13-14H,9-12H2,(H2,23,29). The second kappa shape index (κ2) is 7.72. The highest BCUT2D eigenvalue weighted by Crippen LogP contribution is 2.38. The van der Waals surface area contributed by atoms with Crippen LogP contribution in [-0.2, 0) is 0 Å². The Bertz CT molecular complexity index is 1200. The molecule has 1 amide bonds. The Kier molecular flexibility index (Phi) is 4.76. The van der Waals surface area contributed by atoms with Gasteiger partial charge in [-0.1, -0.05) is 30.3 Å².